The number of carbonyl (C=O) groups excluding carboxylic acids is 1. The van der Waals surface area contributed by atoms with Crippen LogP contribution in [0.3, 0.4) is 0 Å². The van der Waals surface area contributed by atoms with Crippen molar-refractivity contribution in [3.63, 3.8) is 0 Å². The summed E-state index contributed by atoms with van der Waals surface area (Å²) >= 11 is 0. The molecule has 2 fully saturated rings. The topological polar surface area (TPSA) is 86.6 Å². The van der Waals surface area contributed by atoms with Gasteiger partial charge in [0.2, 0.25) is 5.91 Å². The van der Waals surface area contributed by atoms with Gasteiger partial charge in [-0.2, -0.15) is 5.10 Å². The first-order valence-corrected chi connectivity index (χ1v) is 9.85. The molecule has 2 aliphatic heterocycles. The predicted molar refractivity (Wildman–Crippen MR) is 107 cm³/mol. The first-order valence-electron chi connectivity index (χ1n) is 9.85. The van der Waals surface area contributed by atoms with E-state index in [0.29, 0.717) is 11.3 Å². The van der Waals surface area contributed by atoms with E-state index in [0.717, 1.165) is 43.7 Å². The van der Waals surface area contributed by atoms with Crippen molar-refractivity contribution in [3.8, 4) is 0 Å². The number of rotatable bonds is 4. The van der Waals surface area contributed by atoms with E-state index < -0.39 is 0 Å². The molecule has 1 unspecified atom stereocenters. The van der Waals surface area contributed by atoms with Gasteiger partial charge >= 0.3 is 0 Å². The lowest BCUT2D eigenvalue weighted by Gasteiger charge is -2.26. The van der Waals surface area contributed by atoms with Crippen LogP contribution in [-0.4, -0.2) is 39.6 Å². The van der Waals surface area contributed by atoms with Crippen LogP contribution in [0.5, 0.6) is 0 Å². The number of carbonyl (C=O) groups is 1. The van der Waals surface area contributed by atoms with Crippen LogP contribution in [-0.2, 0) is 4.79 Å². The van der Waals surface area contributed by atoms with Gasteiger partial charge in [0, 0.05) is 19.3 Å². The van der Waals surface area contributed by atoms with E-state index in [1.54, 1.807) is 22.8 Å². The highest BCUT2D eigenvalue weighted by molar-refractivity contribution is 5.97. The van der Waals surface area contributed by atoms with Crippen molar-refractivity contribution < 1.29 is 9.18 Å². The highest BCUT2D eigenvalue weighted by atomic mass is 19.1. The SMILES string of the molecule is O=C(Nc1cnn2ccc(N3CCC[C@@H]3c3cccc(F)c3)nc12)C1CCNN1. The van der Waals surface area contributed by atoms with Crippen molar-refractivity contribution >= 4 is 23.1 Å². The van der Waals surface area contributed by atoms with Crippen molar-refractivity contribution in [3.05, 3.63) is 54.1 Å². The molecular weight excluding hydrogens is 373 g/mol. The van der Waals surface area contributed by atoms with Crippen molar-refractivity contribution in [2.24, 2.45) is 0 Å². The molecule has 5 rings (SSSR count). The summed E-state index contributed by atoms with van der Waals surface area (Å²) in [4.78, 5) is 19.4. The molecule has 1 amide bonds. The third-order valence-electron chi connectivity index (χ3n) is 5.54. The first kappa shape index (κ1) is 18.0. The Morgan fingerprint density at radius 3 is 3.03 bits per heavy atom. The van der Waals surface area contributed by atoms with Gasteiger partial charge in [-0.3, -0.25) is 10.2 Å². The van der Waals surface area contributed by atoms with Gasteiger partial charge in [0.15, 0.2) is 5.65 Å². The standard InChI is InChI=1S/C20H22FN7O/c21-14-4-1-3-13(11-14)17-5-2-9-27(17)18-7-10-28-19(25-18)16(12-23-28)24-20(29)15-6-8-22-26-15/h1,3-4,7,10-12,15,17,22,26H,2,5-6,8-9H2,(H,24,29)/t15?,17-/m1/s1. The summed E-state index contributed by atoms with van der Waals surface area (Å²) in [6.45, 7) is 1.60. The van der Waals surface area contributed by atoms with Gasteiger partial charge in [-0.25, -0.2) is 19.3 Å². The molecular formula is C20H22FN7O. The molecule has 3 N–H and O–H groups in total. The lowest BCUT2D eigenvalue weighted by Crippen LogP contribution is -2.39. The van der Waals surface area contributed by atoms with Crippen LogP contribution in [0.1, 0.15) is 30.9 Å². The van der Waals surface area contributed by atoms with Crippen molar-refractivity contribution in [2.75, 3.05) is 23.3 Å². The minimum absolute atomic E-state index is 0.0791. The molecule has 29 heavy (non-hydrogen) atoms. The van der Waals surface area contributed by atoms with Crippen LogP contribution in [0.2, 0.25) is 0 Å². The van der Waals surface area contributed by atoms with Crippen LogP contribution in [0.15, 0.2) is 42.7 Å². The zero-order valence-corrected chi connectivity index (χ0v) is 15.8. The molecule has 2 aliphatic rings. The maximum absolute atomic E-state index is 13.7. The number of nitrogens with one attached hydrogen (secondary N) is 3. The summed E-state index contributed by atoms with van der Waals surface area (Å²) in [5.74, 6) is 0.449. The van der Waals surface area contributed by atoms with E-state index in [2.05, 4.69) is 26.2 Å². The van der Waals surface area contributed by atoms with E-state index in [1.165, 1.54) is 6.07 Å². The van der Waals surface area contributed by atoms with E-state index >= 15 is 0 Å². The Hall–Kier alpha value is -3.04. The molecule has 2 atom stereocenters. The maximum Gasteiger partial charge on any atom is 0.243 e. The fourth-order valence-electron chi connectivity index (χ4n) is 4.11. The molecule has 150 valence electrons. The van der Waals surface area contributed by atoms with E-state index in [4.69, 9.17) is 4.98 Å². The van der Waals surface area contributed by atoms with Gasteiger partial charge in [0.1, 0.15) is 23.4 Å². The van der Waals surface area contributed by atoms with Gasteiger partial charge in [0.25, 0.3) is 0 Å². The molecule has 3 aromatic rings. The molecule has 0 radical (unpaired) electrons. The van der Waals surface area contributed by atoms with Gasteiger partial charge < -0.3 is 10.2 Å². The number of halogens is 1. The van der Waals surface area contributed by atoms with Gasteiger partial charge in [-0.1, -0.05) is 12.1 Å². The average molecular weight is 395 g/mol. The molecule has 0 spiro atoms. The number of hydrogen-bond donors (Lipinski definition) is 3. The summed E-state index contributed by atoms with van der Waals surface area (Å²) < 4.78 is 15.4. The number of nitrogens with zero attached hydrogens (tertiary/aromatic N) is 4. The molecule has 9 heteroatoms. The predicted octanol–water partition coefficient (Wildman–Crippen LogP) is 2.01. The summed E-state index contributed by atoms with van der Waals surface area (Å²) in [6.07, 6.45) is 6.13. The van der Waals surface area contributed by atoms with E-state index in [1.807, 2.05) is 18.3 Å². The monoisotopic (exact) mass is 395 g/mol. The van der Waals surface area contributed by atoms with Gasteiger partial charge in [0.05, 0.1) is 12.2 Å². The lowest BCUT2D eigenvalue weighted by atomic mass is 10.0. The molecule has 2 saturated heterocycles. The van der Waals surface area contributed by atoms with Crippen molar-refractivity contribution in [1.29, 1.82) is 0 Å². The zero-order chi connectivity index (χ0) is 19.8. The largest absolute Gasteiger partial charge is 0.349 e. The van der Waals surface area contributed by atoms with Crippen LogP contribution in [0, 0.1) is 5.82 Å². The third kappa shape index (κ3) is 3.43. The number of hydrazine groups is 1. The number of anilines is 2. The number of amides is 1. The second kappa shape index (κ2) is 7.41. The second-order valence-electron chi connectivity index (χ2n) is 7.42. The number of hydrogen-bond acceptors (Lipinski definition) is 6. The summed E-state index contributed by atoms with van der Waals surface area (Å²) in [5, 5.41) is 7.21. The smallest absolute Gasteiger partial charge is 0.243 e. The Bertz CT molecular complexity index is 1050. The highest BCUT2D eigenvalue weighted by Crippen LogP contribution is 2.35. The van der Waals surface area contributed by atoms with Gasteiger partial charge in [-0.05, 0) is 43.0 Å². The number of fused-ring (bicyclic) bond motifs is 1. The summed E-state index contributed by atoms with van der Waals surface area (Å²) in [5.41, 5.74) is 8.03. The summed E-state index contributed by atoms with van der Waals surface area (Å²) in [6, 6.07) is 8.47. The quantitative estimate of drug-likeness (QED) is 0.627. The van der Waals surface area contributed by atoms with Crippen LogP contribution >= 0.6 is 0 Å². The van der Waals surface area contributed by atoms with Crippen LogP contribution < -0.4 is 21.1 Å². The molecule has 2 aromatic heterocycles. The Morgan fingerprint density at radius 2 is 2.21 bits per heavy atom. The van der Waals surface area contributed by atoms with Crippen molar-refractivity contribution in [1.82, 2.24) is 25.4 Å². The minimum Gasteiger partial charge on any atom is -0.349 e. The Balaban J connectivity index is 1.43. The molecule has 0 aliphatic carbocycles. The average Bonchev–Trinajstić information content (AvgIpc) is 3.48. The summed E-state index contributed by atoms with van der Waals surface area (Å²) in [7, 11) is 0. The third-order valence-corrected chi connectivity index (χ3v) is 5.54. The van der Waals surface area contributed by atoms with E-state index in [9.17, 15) is 9.18 Å². The Labute approximate surface area is 167 Å². The number of aromatic nitrogens is 3. The molecule has 8 nitrogen and oxygen atoms in total. The van der Waals surface area contributed by atoms with Crippen LogP contribution in [0.4, 0.5) is 15.9 Å². The lowest BCUT2D eigenvalue weighted by molar-refractivity contribution is -0.117. The van der Waals surface area contributed by atoms with Gasteiger partial charge in [-0.15, -0.1) is 0 Å². The molecule has 4 heterocycles. The van der Waals surface area contributed by atoms with Crippen molar-refractivity contribution in [2.45, 2.75) is 31.3 Å². The Morgan fingerprint density at radius 1 is 1.28 bits per heavy atom. The fraction of sp³-hybridized carbons (Fsp3) is 0.350. The molecule has 1 aromatic carbocycles. The number of benzene rings is 1. The first-order chi connectivity index (χ1) is 14.2. The second-order valence-corrected chi connectivity index (χ2v) is 7.42. The minimum atomic E-state index is -0.274. The molecule has 0 bridgehead atoms. The fourth-order valence-corrected chi connectivity index (χ4v) is 4.11. The van der Waals surface area contributed by atoms with E-state index in [-0.39, 0.29) is 23.8 Å². The molecule has 0 saturated carbocycles. The Kier molecular flexibility index (Phi) is 4.61. The maximum atomic E-state index is 13.7. The highest BCUT2D eigenvalue weighted by Gasteiger charge is 2.28. The normalized spacial score (nSPS) is 21.8. The zero-order valence-electron chi connectivity index (χ0n) is 15.8. The van der Waals surface area contributed by atoms with Crippen LogP contribution in [0.25, 0.3) is 5.65 Å².